The van der Waals surface area contributed by atoms with Gasteiger partial charge in [0.15, 0.2) is 0 Å². The highest BCUT2D eigenvalue weighted by molar-refractivity contribution is 9.10. The molecule has 0 N–H and O–H groups in total. The fraction of sp³-hybridized carbons (Fsp3) is 0.903. The lowest BCUT2D eigenvalue weighted by molar-refractivity contribution is -0.145. The zero-order chi connectivity index (χ0) is 28.5. The smallest absolute Gasteiger partial charge is 0.322 e. The summed E-state index contributed by atoms with van der Waals surface area (Å²) in [5.41, 5.74) is 0. The first-order chi connectivity index (χ1) is 18.0. The van der Waals surface area contributed by atoms with Crippen molar-refractivity contribution < 1.29 is 14.3 Å². The summed E-state index contributed by atoms with van der Waals surface area (Å²) in [5.74, 6) is 3.29. The van der Waals surface area contributed by atoms with Gasteiger partial charge < -0.3 is 9.47 Å². The summed E-state index contributed by atoms with van der Waals surface area (Å²) in [6.45, 7) is 13.1. The van der Waals surface area contributed by atoms with E-state index in [9.17, 15) is 4.79 Å². The first-order valence-electron chi connectivity index (χ1n) is 15.2. The molecule has 0 radical (unpaired) electrons. The van der Waals surface area contributed by atoms with Crippen molar-refractivity contribution in [3.05, 3.63) is 12.3 Å². The van der Waals surface area contributed by atoms with E-state index in [0.29, 0.717) is 6.61 Å². The highest BCUT2D eigenvalue weighted by Crippen LogP contribution is 2.26. The van der Waals surface area contributed by atoms with E-state index in [1.807, 2.05) is 13.8 Å². The molecule has 0 aliphatic rings. The Balaban J connectivity index is 3.16. The molecule has 0 rings (SSSR count). The van der Waals surface area contributed by atoms with Crippen LogP contribution in [0.4, 0.5) is 0 Å². The standard InChI is InChI=1S/C31H58Br2O3S2/c1-28(30(2,3)32)35-24-20-16-12-8-6-10-14-18-22-26-37-38-27-23-19-15-11-7-9-13-17-21-25-36-29(34)31(4,5)33/h1,6-27H2,2-5H3. The zero-order valence-corrected chi connectivity index (χ0v) is 29.9. The third kappa shape index (κ3) is 26.9. The normalized spacial score (nSPS) is 12.1. The summed E-state index contributed by atoms with van der Waals surface area (Å²) in [6.07, 6.45) is 23.6. The molecule has 0 unspecified atom stereocenters. The van der Waals surface area contributed by atoms with Crippen LogP contribution in [-0.2, 0) is 14.3 Å². The van der Waals surface area contributed by atoms with Crippen LogP contribution in [0, 0.1) is 0 Å². The van der Waals surface area contributed by atoms with Crippen molar-refractivity contribution in [3.63, 3.8) is 0 Å². The van der Waals surface area contributed by atoms with E-state index >= 15 is 0 Å². The molecular weight excluding hydrogens is 644 g/mol. The van der Waals surface area contributed by atoms with E-state index in [1.165, 1.54) is 108 Å². The Labute approximate surface area is 261 Å². The minimum Gasteiger partial charge on any atom is -0.497 e. The number of esters is 1. The van der Waals surface area contributed by atoms with Gasteiger partial charge in [0.1, 0.15) is 10.1 Å². The van der Waals surface area contributed by atoms with Crippen molar-refractivity contribution in [2.75, 3.05) is 24.7 Å². The van der Waals surface area contributed by atoms with Gasteiger partial charge in [-0.1, -0.05) is 150 Å². The number of hydrogen-bond donors (Lipinski definition) is 0. The maximum absolute atomic E-state index is 11.6. The van der Waals surface area contributed by atoms with Crippen molar-refractivity contribution in [2.45, 2.75) is 152 Å². The first kappa shape index (κ1) is 38.7. The fourth-order valence-electron chi connectivity index (χ4n) is 3.82. The van der Waals surface area contributed by atoms with Crippen molar-refractivity contribution in [3.8, 4) is 0 Å². The fourth-order valence-corrected chi connectivity index (χ4v) is 6.35. The number of halogens is 2. The average Bonchev–Trinajstić information content (AvgIpc) is 2.84. The molecule has 0 aromatic carbocycles. The summed E-state index contributed by atoms with van der Waals surface area (Å²) < 4.78 is 10.3. The van der Waals surface area contributed by atoms with Crippen molar-refractivity contribution in [1.82, 2.24) is 0 Å². The molecule has 0 fully saturated rings. The third-order valence-electron chi connectivity index (χ3n) is 6.49. The summed E-state index contributed by atoms with van der Waals surface area (Å²) in [5, 5.41) is 0. The molecular formula is C31H58Br2O3S2. The van der Waals surface area contributed by atoms with Gasteiger partial charge in [-0.25, -0.2) is 0 Å². The topological polar surface area (TPSA) is 35.5 Å². The Morgan fingerprint density at radius 1 is 0.553 bits per heavy atom. The van der Waals surface area contributed by atoms with Gasteiger partial charge in [0, 0.05) is 11.5 Å². The number of allylic oxidation sites excluding steroid dienone is 1. The van der Waals surface area contributed by atoms with Crippen LogP contribution in [0.1, 0.15) is 143 Å². The number of rotatable bonds is 28. The second-order valence-corrected chi connectivity index (χ2v) is 18.0. The summed E-state index contributed by atoms with van der Waals surface area (Å²) >= 11 is 6.91. The van der Waals surface area contributed by atoms with Crippen LogP contribution >= 0.6 is 53.4 Å². The summed E-state index contributed by atoms with van der Waals surface area (Å²) in [4.78, 5) is 11.6. The molecule has 0 heterocycles. The minimum atomic E-state index is -0.566. The van der Waals surface area contributed by atoms with E-state index in [1.54, 1.807) is 0 Å². The molecule has 0 saturated heterocycles. The van der Waals surface area contributed by atoms with Crippen LogP contribution in [0.2, 0.25) is 0 Å². The van der Waals surface area contributed by atoms with Crippen molar-refractivity contribution in [2.24, 2.45) is 0 Å². The number of carbonyl (C=O) groups is 1. The Hall–Kier alpha value is 0.670. The van der Waals surface area contributed by atoms with Crippen molar-refractivity contribution >= 4 is 59.4 Å². The van der Waals surface area contributed by atoms with Gasteiger partial charge in [-0.3, -0.25) is 4.79 Å². The zero-order valence-electron chi connectivity index (χ0n) is 25.1. The highest BCUT2D eigenvalue weighted by Gasteiger charge is 2.25. The minimum absolute atomic E-state index is 0.126. The predicted octanol–water partition coefficient (Wildman–Crippen LogP) is 11.8. The lowest BCUT2D eigenvalue weighted by Gasteiger charge is -2.20. The van der Waals surface area contributed by atoms with Crippen LogP contribution in [0.25, 0.3) is 0 Å². The van der Waals surface area contributed by atoms with Gasteiger partial charge in [0.05, 0.1) is 17.5 Å². The van der Waals surface area contributed by atoms with Gasteiger partial charge in [-0.2, -0.15) is 0 Å². The highest BCUT2D eigenvalue weighted by atomic mass is 79.9. The number of alkyl halides is 2. The predicted molar refractivity (Wildman–Crippen MR) is 180 cm³/mol. The molecule has 3 nitrogen and oxygen atoms in total. The number of unbranched alkanes of at least 4 members (excludes halogenated alkanes) is 16. The molecule has 38 heavy (non-hydrogen) atoms. The SMILES string of the molecule is C=C(OCCCCCCCCCCCSSCCCCCCCCCCCOC(=O)C(C)(C)Br)C(C)(C)Br. The van der Waals surface area contributed by atoms with E-state index in [4.69, 9.17) is 9.47 Å². The largest absolute Gasteiger partial charge is 0.497 e. The van der Waals surface area contributed by atoms with Crippen LogP contribution in [-0.4, -0.2) is 39.3 Å². The van der Waals surface area contributed by atoms with Gasteiger partial charge in [0.2, 0.25) is 0 Å². The van der Waals surface area contributed by atoms with Gasteiger partial charge in [0.25, 0.3) is 0 Å². The monoisotopic (exact) mass is 700 g/mol. The molecule has 0 saturated carbocycles. The van der Waals surface area contributed by atoms with Gasteiger partial charge >= 0.3 is 5.97 Å². The van der Waals surface area contributed by atoms with Crippen LogP contribution in [0.5, 0.6) is 0 Å². The molecule has 0 aromatic heterocycles. The molecule has 0 aliphatic heterocycles. The quantitative estimate of drug-likeness (QED) is 0.0267. The maximum atomic E-state index is 11.6. The Morgan fingerprint density at radius 2 is 0.868 bits per heavy atom. The van der Waals surface area contributed by atoms with E-state index in [2.05, 4.69) is 73.9 Å². The van der Waals surface area contributed by atoms with E-state index in [-0.39, 0.29) is 10.3 Å². The van der Waals surface area contributed by atoms with Gasteiger partial charge in [-0.05, 0) is 53.4 Å². The van der Waals surface area contributed by atoms with Crippen LogP contribution in [0.15, 0.2) is 12.3 Å². The Bertz CT molecular complexity index is 524. The van der Waals surface area contributed by atoms with Crippen molar-refractivity contribution in [1.29, 1.82) is 0 Å². The lowest BCUT2D eigenvalue weighted by Crippen LogP contribution is -2.26. The second-order valence-electron chi connectivity index (χ2n) is 11.4. The summed E-state index contributed by atoms with van der Waals surface area (Å²) in [6, 6.07) is 0. The van der Waals surface area contributed by atoms with Crippen LogP contribution < -0.4 is 0 Å². The molecule has 0 spiro atoms. The second kappa shape index (κ2) is 25.4. The Kier molecular flexibility index (Phi) is 25.8. The average molecular weight is 703 g/mol. The van der Waals surface area contributed by atoms with Gasteiger partial charge in [-0.15, -0.1) is 0 Å². The molecule has 226 valence electrons. The third-order valence-corrected chi connectivity index (χ3v) is 9.83. The number of carbonyl (C=O) groups excluding carboxylic acids is 1. The molecule has 0 bridgehead atoms. The number of ether oxygens (including phenoxy) is 2. The summed E-state index contributed by atoms with van der Waals surface area (Å²) in [7, 11) is 4.16. The molecule has 0 amide bonds. The lowest BCUT2D eigenvalue weighted by atomic mass is 10.1. The van der Waals surface area contributed by atoms with Crippen LogP contribution in [0.3, 0.4) is 0 Å². The van der Waals surface area contributed by atoms with E-state index in [0.717, 1.165) is 31.6 Å². The maximum Gasteiger partial charge on any atom is 0.322 e. The number of hydrogen-bond acceptors (Lipinski definition) is 5. The molecule has 0 atom stereocenters. The molecule has 7 heteroatoms. The molecule has 0 aromatic rings. The van der Waals surface area contributed by atoms with E-state index < -0.39 is 4.32 Å². The molecule has 0 aliphatic carbocycles. The first-order valence-corrected chi connectivity index (χ1v) is 19.2. The Morgan fingerprint density at radius 3 is 1.21 bits per heavy atom.